The largest absolute Gasteiger partial charge is 0.480 e. The highest BCUT2D eigenvalue weighted by Gasteiger charge is 2.49. The van der Waals surface area contributed by atoms with Crippen LogP contribution in [0.1, 0.15) is 73.1 Å². The molecular formula is C26H44N4O7. The van der Waals surface area contributed by atoms with Gasteiger partial charge in [0.25, 0.3) is 0 Å². The first-order valence-corrected chi connectivity index (χ1v) is 13.4. The van der Waals surface area contributed by atoms with Crippen LogP contribution in [0.15, 0.2) is 0 Å². The molecule has 210 valence electrons. The molecule has 11 nitrogen and oxygen atoms in total. The molecule has 3 amide bonds. The van der Waals surface area contributed by atoms with Crippen LogP contribution in [-0.4, -0.2) is 111 Å². The predicted octanol–water partition coefficient (Wildman–Crippen LogP) is 1.43. The molecule has 3 N–H and O–H groups in total. The second kappa shape index (κ2) is 11.1. The van der Waals surface area contributed by atoms with Crippen LogP contribution in [0.3, 0.4) is 0 Å². The van der Waals surface area contributed by atoms with Crippen LogP contribution in [0.2, 0.25) is 0 Å². The fourth-order valence-corrected chi connectivity index (χ4v) is 5.76. The zero-order valence-corrected chi connectivity index (χ0v) is 23.0. The third-order valence-corrected chi connectivity index (χ3v) is 7.82. The van der Waals surface area contributed by atoms with Gasteiger partial charge in [-0.15, -0.1) is 0 Å². The normalized spacial score (nSPS) is 28.7. The number of ether oxygens (including phenoxy) is 1. The monoisotopic (exact) mass is 524 g/mol. The maximum atomic E-state index is 14.0. The lowest BCUT2D eigenvalue weighted by Gasteiger charge is -2.44. The Kier molecular flexibility index (Phi) is 8.78. The fourth-order valence-electron chi connectivity index (χ4n) is 5.76. The summed E-state index contributed by atoms with van der Waals surface area (Å²) in [6.45, 7) is 9.18. The van der Waals surface area contributed by atoms with E-state index in [1.807, 2.05) is 4.90 Å². The molecule has 0 radical (unpaired) electrons. The van der Waals surface area contributed by atoms with Gasteiger partial charge < -0.3 is 25.2 Å². The maximum Gasteiger partial charge on any atom is 0.410 e. The van der Waals surface area contributed by atoms with Gasteiger partial charge in [0.05, 0.1) is 5.60 Å². The Morgan fingerprint density at radius 1 is 1.11 bits per heavy atom. The molecule has 3 fully saturated rings. The van der Waals surface area contributed by atoms with Gasteiger partial charge in [0, 0.05) is 32.7 Å². The molecule has 1 saturated carbocycles. The number of fused-ring (bicyclic) bond motifs is 1. The van der Waals surface area contributed by atoms with Crippen molar-refractivity contribution in [2.24, 2.45) is 5.92 Å². The third-order valence-electron chi connectivity index (χ3n) is 7.82. The highest BCUT2D eigenvalue weighted by molar-refractivity contribution is 5.93. The van der Waals surface area contributed by atoms with Gasteiger partial charge in [0.1, 0.15) is 23.7 Å². The number of carbonyl (C=O) groups is 4. The summed E-state index contributed by atoms with van der Waals surface area (Å²) in [5.41, 5.74) is -1.66. The summed E-state index contributed by atoms with van der Waals surface area (Å²) >= 11 is 0. The van der Waals surface area contributed by atoms with E-state index in [-0.39, 0.29) is 25.0 Å². The number of likely N-dealkylation sites (N-methyl/N-ethyl adjacent to an activating group) is 1. The van der Waals surface area contributed by atoms with E-state index in [1.165, 1.54) is 16.8 Å². The average molecular weight is 525 g/mol. The van der Waals surface area contributed by atoms with Gasteiger partial charge >= 0.3 is 12.1 Å². The van der Waals surface area contributed by atoms with Gasteiger partial charge in [0.2, 0.25) is 11.8 Å². The van der Waals surface area contributed by atoms with Crippen molar-refractivity contribution < 1.29 is 34.1 Å². The van der Waals surface area contributed by atoms with Crippen LogP contribution in [0.25, 0.3) is 0 Å². The number of nitrogens with one attached hydrogen (secondary N) is 1. The molecule has 11 heteroatoms. The van der Waals surface area contributed by atoms with Crippen LogP contribution in [-0.2, 0) is 19.1 Å². The number of aliphatic hydroxyl groups is 1. The highest BCUT2D eigenvalue weighted by Crippen LogP contribution is 2.33. The second-order valence-electron chi connectivity index (χ2n) is 12.3. The Labute approximate surface area is 219 Å². The zero-order chi connectivity index (χ0) is 27.7. The van der Waals surface area contributed by atoms with Gasteiger partial charge in [0.15, 0.2) is 0 Å². The Balaban J connectivity index is 1.80. The molecule has 37 heavy (non-hydrogen) atoms. The number of aliphatic carboxylic acids is 1. The summed E-state index contributed by atoms with van der Waals surface area (Å²) in [4.78, 5) is 56.5. The Morgan fingerprint density at radius 3 is 2.30 bits per heavy atom. The van der Waals surface area contributed by atoms with Gasteiger partial charge in [-0.2, -0.15) is 0 Å². The number of hydrogen-bond donors (Lipinski definition) is 3. The molecule has 0 spiro atoms. The summed E-state index contributed by atoms with van der Waals surface area (Å²) < 4.78 is 5.37. The van der Waals surface area contributed by atoms with Crippen LogP contribution in [0.5, 0.6) is 0 Å². The lowest BCUT2D eigenvalue weighted by molar-refractivity contribution is -0.157. The van der Waals surface area contributed by atoms with E-state index in [9.17, 15) is 29.4 Å². The molecule has 0 bridgehead atoms. The topological polar surface area (TPSA) is 140 Å². The number of piperazine rings is 1. The number of rotatable bonds is 6. The number of hydrogen-bond acceptors (Lipinski definition) is 7. The minimum Gasteiger partial charge on any atom is -0.480 e. The smallest absolute Gasteiger partial charge is 0.410 e. The first-order chi connectivity index (χ1) is 17.1. The second-order valence-corrected chi connectivity index (χ2v) is 12.3. The minimum absolute atomic E-state index is 0.122. The molecule has 3 aliphatic rings. The van der Waals surface area contributed by atoms with Crippen molar-refractivity contribution in [2.75, 3.05) is 26.7 Å². The van der Waals surface area contributed by atoms with E-state index in [1.54, 1.807) is 34.6 Å². The quantitative estimate of drug-likeness (QED) is 0.474. The third kappa shape index (κ3) is 7.13. The Bertz CT molecular complexity index is 881. The number of carboxylic acid groups (broad SMARTS) is 1. The van der Waals surface area contributed by atoms with E-state index in [4.69, 9.17) is 4.74 Å². The number of carbonyl (C=O) groups excluding carboxylic acids is 3. The molecule has 2 saturated heterocycles. The molecule has 2 unspecified atom stereocenters. The molecule has 3 rings (SSSR count). The van der Waals surface area contributed by atoms with Crippen molar-refractivity contribution in [1.29, 1.82) is 0 Å². The average Bonchev–Trinajstić information content (AvgIpc) is 3.12. The number of amides is 3. The van der Waals surface area contributed by atoms with Crippen molar-refractivity contribution in [3.8, 4) is 0 Å². The molecule has 5 atom stereocenters. The first kappa shape index (κ1) is 29.2. The number of nitrogens with zero attached hydrogens (tertiary/aromatic N) is 3. The van der Waals surface area contributed by atoms with Gasteiger partial charge in [-0.3, -0.25) is 19.4 Å². The molecule has 0 aromatic carbocycles. The lowest BCUT2D eigenvalue weighted by Crippen LogP contribution is -2.65. The highest BCUT2D eigenvalue weighted by atomic mass is 16.6. The first-order valence-electron chi connectivity index (χ1n) is 13.4. The summed E-state index contributed by atoms with van der Waals surface area (Å²) in [6.07, 6.45) is 4.22. The summed E-state index contributed by atoms with van der Waals surface area (Å²) in [5.74, 6) is -2.13. The summed E-state index contributed by atoms with van der Waals surface area (Å²) in [5, 5.41) is 23.4. The van der Waals surface area contributed by atoms with Crippen molar-refractivity contribution in [3.05, 3.63) is 0 Å². The van der Waals surface area contributed by atoms with Crippen molar-refractivity contribution >= 4 is 23.9 Å². The van der Waals surface area contributed by atoms with Crippen LogP contribution >= 0.6 is 0 Å². The molecule has 1 aliphatic carbocycles. The molecule has 0 aromatic rings. The van der Waals surface area contributed by atoms with E-state index >= 15 is 0 Å². The standard InChI is InChI=1S/C26H44N4O7/c1-16(28(6)24(35)37-25(2,3)4)21(31)27-20(17-10-8-7-9-11-17)22(32)30-13-18-12-26(5,36)15-29(18)14-19(30)23(33)34/h16-20,36H,7-15H2,1-6H3,(H,27,31)(H,33,34)/t16-,18+,19?,20-,26?/m0/s1. The van der Waals surface area contributed by atoms with E-state index in [2.05, 4.69) is 5.32 Å². The van der Waals surface area contributed by atoms with Crippen LogP contribution in [0, 0.1) is 5.92 Å². The Morgan fingerprint density at radius 2 is 1.73 bits per heavy atom. The molecule has 2 heterocycles. The lowest BCUT2D eigenvalue weighted by atomic mass is 9.82. The molecular weight excluding hydrogens is 480 g/mol. The zero-order valence-electron chi connectivity index (χ0n) is 23.0. The Hall–Kier alpha value is -2.40. The van der Waals surface area contributed by atoms with E-state index in [0.717, 1.165) is 32.1 Å². The summed E-state index contributed by atoms with van der Waals surface area (Å²) in [7, 11) is 1.47. The van der Waals surface area contributed by atoms with Gasteiger partial charge in [-0.25, -0.2) is 9.59 Å². The van der Waals surface area contributed by atoms with Crippen molar-refractivity contribution in [3.63, 3.8) is 0 Å². The van der Waals surface area contributed by atoms with Crippen LogP contribution in [0.4, 0.5) is 4.79 Å². The fraction of sp³-hybridized carbons (Fsp3) is 0.846. The van der Waals surface area contributed by atoms with Gasteiger partial charge in [-0.1, -0.05) is 19.3 Å². The van der Waals surface area contributed by atoms with Crippen molar-refractivity contribution in [1.82, 2.24) is 20.0 Å². The van der Waals surface area contributed by atoms with Crippen LogP contribution < -0.4 is 5.32 Å². The van der Waals surface area contributed by atoms with E-state index in [0.29, 0.717) is 13.0 Å². The SMILES string of the molecule is C[C@@H](C(=O)N[C@H](C(=O)N1C[C@H]2CC(C)(O)CN2CC1C(=O)O)C1CCCCC1)N(C)C(=O)OC(C)(C)C. The number of carboxylic acids is 1. The minimum atomic E-state index is -1.11. The predicted molar refractivity (Wildman–Crippen MR) is 136 cm³/mol. The van der Waals surface area contributed by atoms with Crippen molar-refractivity contribution in [2.45, 2.75) is 109 Å². The molecule has 2 aliphatic heterocycles. The summed E-state index contributed by atoms with van der Waals surface area (Å²) in [6, 6.07) is -3.00. The van der Waals surface area contributed by atoms with E-state index < -0.39 is 53.2 Å². The molecule has 0 aromatic heterocycles. The maximum absolute atomic E-state index is 14.0. The van der Waals surface area contributed by atoms with Gasteiger partial charge in [-0.05, 0) is 59.8 Å².